The number of esters is 1. The highest BCUT2D eigenvalue weighted by Crippen LogP contribution is 1.85. The second-order valence-corrected chi connectivity index (χ2v) is 2.18. The van der Waals surface area contributed by atoms with Crippen molar-refractivity contribution in [2.24, 2.45) is 0 Å². The molecule has 2 heteroatoms. The van der Waals surface area contributed by atoms with Crippen LogP contribution in [0.3, 0.4) is 0 Å². The maximum absolute atomic E-state index is 10.9. The molecule has 0 heterocycles. The Balaban J connectivity index is 3.75. The Morgan fingerprint density at radius 3 is 2.23 bits per heavy atom. The van der Waals surface area contributed by atoms with Gasteiger partial charge in [0.1, 0.15) is 0 Å². The van der Waals surface area contributed by atoms with Crippen LogP contribution in [0, 0.1) is 0 Å². The standard InChI is InChI=1S/C11H14O2/c1-3-5-7-9-11(12)13-10-8-6-4-2/h3-10H,1-2H3. The van der Waals surface area contributed by atoms with Crippen molar-refractivity contribution in [3.63, 3.8) is 0 Å². The summed E-state index contributed by atoms with van der Waals surface area (Å²) in [6.45, 7) is 3.76. The molecule has 70 valence electrons. The van der Waals surface area contributed by atoms with Crippen LogP contribution in [0.4, 0.5) is 0 Å². The van der Waals surface area contributed by atoms with E-state index in [9.17, 15) is 4.79 Å². The second-order valence-electron chi connectivity index (χ2n) is 2.18. The summed E-state index contributed by atoms with van der Waals surface area (Å²) in [4.78, 5) is 10.9. The van der Waals surface area contributed by atoms with Gasteiger partial charge >= 0.3 is 5.97 Å². The third kappa shape index (κ3) is 8.34. The number of hydrogen-bond donors (Lipinski definition) is 0. The fourth-order valence-electron chi connectivity index (χ4n) is 0.547. The van der Waals surface area contributed by atoms with Crippen LogP contribution in [-0.2, 0) is 9.53 Å². The van der Waals surface area contributed by atoms with Crippen LogP contribution in [0.1, 0.15) is 13.8 Å². The summed E-state index contributed by atoms with van der Waals surface area (Å²) in [5.74, 6) is -0.376. The van der Waals surface area contributed by atoms with Gasteiger partial charge in [0.2, 0.25) is 0 Å². The number of carbonyl (C=O) groups excluding carboxylic acids is 1. The SMILES string of the molecule is CC=CC=COC(=O)C=CC=CC. The number of allylic oxidation sites excluding steroid dienone is 6. The van der Waals surface area contributed by atoms with Crippen molar-refractivity contribution in [3.05, 3.63) is 48.8 Å². The highest BCUT2D eigenvalue weighted by Gasteiger charge is 1.88. The lowest BCUT2D eigenvalue weighted by Crippen LogP contribution is -1.92. The molecule has 0 saturated carbocycles. The van der Waals surface area contributed by atoms with Crippen LogP contribution in [0.5, 0.6) is 0 Å². The second kappa shape index (κ2) is 8.53. The molecule has 0 amide bonds. The van der Waals surface area contributed by atoms with E-state index < -0.39 is 0 Å². The van der Waals surface area contributed by atoms with Crippen LogP contribution in [0.25, 0.3) is 0 Å². The minimum atomic E-state index is -0.376. The van der Waals surface area contributed by atoms with E-state index in [-0.39, 0.29) is 5.97 Å². The molecule has 0 bridgehead atoms. The van der Waals surface area contributed by atoms with E-state index in [1.54, 1.807) is 24.3 Å². The Labute approximate surface area is 78.9 Å². The maximum Gasteiger partial charge on any atom is 0.335 e. The van der Waals surface area contributed by atoms with E-state index in [0.717, 1.165) is 0 Å². The van der Waals surface area contributed by atoms with Crippen LogP contribution < -0.4 is 0 Å². The molecule has 0 aromatic carbocycles. The molecular formula is C11H14O2. The van der Waals surface area contributed by atoms with E-state index in [4.69, 9.17) is 4.74 Å². The van der Waals surface area contributed by atoms with Gasteiger partial charge in [0.05, 0.1) is 6.26 Å². The van der Waals surface area contributed by atoms with Gasteiger partial charge in [-0.3, -0.25) is 0 Å². The first kappa shape index (κ1) is 11.4. The number of hydrogen-bond acceptors (Lipinski definition) is 2. The monoisotopic (exact) mass is 178 g/mol. The summed E-state index contributed by atoms with van der Waals surface area (Å²) in [6.07, 6.45) is 13.2. The van der Waals surface area contributed by atoms with E-state index in [1.807, 2.05) is 26.0 Å². The highest BCUT2D eigenvalue weighted by molar-refractivity contribution is 5.82. The van der Waals surface area contributed by atoms with Crippen LogP contribution >= 0.6 is 0 Å². The van der Waals surface area contributed by atoms with Gasteiger partial charge in [-0.05, 0) is 19.9 Å². The predicted octanol–water partition coefficient (Wildman–Crippen LogP) is 2.75. The third-order valence-electron chi connectivity index (χ3n) is 1.10. The Bertz CT molecular complexity index is 245. The molecule has 13 heavy (non-hydrogen) atoms. The molecule has 0 aromatic rings. The van der Waals surface area contributed by atoms with Crippen LogP contribution in [0.2, 0.25) is 0 Å². The lowest BCUT2D eigenvalue weighted by molar-refractivity contribution is -0.132. The average Bonchev–Trinajstić information content (AvgIpc) is 2.13. The first-order valence-electron chi connectivity index (χ1n) is 4.09. The lowest BCUT2D eigenvalue weighted by Gasteiger charge is -1.89. The van der Waals surface area contributed by atoms with Crippen molar-refractivity contribution in [3.8, 4) is 0 Å². The topological polar surface area (TPSA) is 26.3 Å². The van der Waals surface area contributed by atoms with Gasteiger partial charge < -0.3 is 4.74 Å². The highest BCUT2D eigenvalue weighted by atomic mass is 16.5. The van der Waals surface area contributed by atoms with Crippen molar-refractivity contribution >= 4 is 5.97 Å². The summed E-state index contributed by atoms with van der Waals surface area (Å²) in [5.41, 5.74) is 0. The molecule has 2 nitrogen and oxygen atoms in total. The van der Waals surface area contributed by atoms with Crippen molar-refractivity contribution < 1.29 is 9.53 Å². The average molecular weight is 178 g/mol. The zero-order valence-electron chi connectivity index (χ0n) is 7.94. The van der Waals surface area contributed by atoms with Gasteiger partial charge in [-0.15, -0.1) is 0 Å². The summed E-state index contributed by atoms with van der Waals surface area (Å²) in [7, 11) is 0. The molecule has 0 radical (unpaired) electrons. The van der Waals surface area contributed by atoms with Gasteiger partial charge in [-0.25, -0.2) is 4.79 Å². The van der Waals surface area contributed by atoms with Gasteiger partial charge in [0.15, 0.2) is 0 Å². The molecule has 0 N–H and O–H groups in total. The first-order valence-corrected chi connectivity index (χ1v) is 4.09. The molecule has 0 aliphatic heterocycles. The molecule has 0 rings (SSSR count). The van der Waals surface area contributed by atoms with Gasteiger partial charge in [0.25, 0.3) is 0 Å². The summed E-state index contributed by atoms with van der Waals surface area (Å²) >= 11 is 0. The Morgan fingerprint density at radius 1 is 1.00 bits per heavy atom. The molecule has 0 fully saturated rings. The normalized spacial score (nSPS) is 12.5. The minimum absolute atomic E-state index is 0.376. The maximum atomic E-state index is 10.9. The molecule has 0 aliphatic carbocycles. The van der Waals surface area contributed by atoms with Crippen molar-refractivity contribution in [1.82, 2.24) is 0 Å². The number of rotatable bonds is 4. The summed E-state index contributed by atoms with van der Waals surface area (Å²) in [5, 5.41) is 0. The summed E-state index contributed by atoms with van der Waals surface area (Å²) < 4.78 is 4.70. The Morgan fingerprint density at radius 2 is 1.62 bits per heavy atom. The molecule has 0 saturated heterocycles. The Hall–Kier alpha value is -1.57. The van der Waals surface area contributed by atoms with E-state index in [0.29, 0.717) is 0 Å². The molecule has 0 spiro atoms. The zero-order chi connectivity index (χ0) is 9.94. The zero-order valence-corrected chi connectivity index (χ0v) is 7.94. The van der Waals surface area contributed by atoms with Gasteiger partial charge in [0, 0.05) is 6.08 Å². The lowest BCUT2D eigenvalue weighted by atomic mass is 10.4. The third-order valence-corrected chi connectivity index (χ3v) is 1.10. The quantitative estimate of drug-likeness (QED) is 0.286. The van der Waals surface area contributed by atoms with Crippen molar-refractivity contribution in [2.75, 3.05) is 0 Å². The van der Waals surface area contributed by atoms with Gasteiger partial charge in [-0.2, -0.15) is 0 Å². The van der Waals surface area contributed by atoms with E-state index in [2.05, 4.69) is 0 Å². The molecule has 0 aliphatic rings. The smallest absolute Gasteiger partial charge is 0.335 e. The first-order chi connectivity index (χ1) is 6.31. The molecule has 0 aromatic heterocycles. The van der Waals surface area contributed by atoms with E-state index in [1.165, 1.54) is 12.3 Å². The Kier molecular flexibility index (Phi) is 7.50. The van der Waals surface area contributed by atoms with Gasteiger partial charge in [-0.1, -0.05) is 30.4 Å². The van der Waals surface area contributed by atoms with Crippen molar-refractivity contribution in [1.29, 1.82) is 0 Å². The molecular weight excluding hydrogens is 164 g/mol. The fourth-order valence-corrected chi connectivity index (χ4v) is 0.547. The van der Waals surface area contributed by atoms with Crippen LogP contribution in [-0.4, -0.2) is 5.97 Å². The largest absolute Gasteiger partial charge is 0.431 e. The molecule has 0 unspecified atom stereocenters. The van der Waals surface area contributed by atoms with Crippen molar-refractivity contribution in [2.45, 2.75) is 13.8 Å². The number of carbonyl (C=O) groups is 1. The van der Waals surface area contributed by atoms with E-state index >= 15 is 0 Å². The predicted molar refractivity (Wildman–Crippen MR) is 54.0 cm³/mol. The number of ether oxygens (including phenoxy) is 1. The molecule has 0 atom stereocenters. The minimum Gasteiger partial charge on any atom is -0.431 e. The fraction of sp³-hybridized carbons (Fsp3) is 0.182. The summed E-state index contributed by atoms with van der Waals surface area (Å²) in [6, 6.07) is 0. The van der Waals surface area contributed by atoms with Crippen LogP contribution in [0.15, 0.2) is 48.8 Å².